The number of hydrogen-bond donors (Lipinski definition) is 1. The number of benzene rings is 2. The monoisotopic (exact) mass is 350 g/mol. The molecule has 0 amide bonds. The second kappa shape index (κ2) is 7.77. The fraction of sp³-hybridized carbons (Fsp3) is 0.0476. The van der Waals surface area contributed by atoms with Crippen molar-refractivity contribution in [1.29, 1.82) is 0 Å². The first-order chi connectivity index (χ1) is 12.1. The lowest BCUT2D eigenvalue weighted by Crippen LogP contribution is -2.33. The smallest absolute Gasteiger partial charge is 0.335 e. The van der Waals surface area contributed by atoms with Crippen LogP contribution in [0.5, 0.6) is 0 Å². The largest absolute Gasteiger partial charge is 0.478 e. The maximum Gasteiger partial charge on any atom is 0.335 e. The minimum Gasteiger partial charge on any atom is -0.478 e. The molecule has 0 aliphatic heterocycles. The molecule has 2 aromatic carbocycles. The van der Waals surface area contributed by atoms with Crippen LogP contribution in [0.25, 0.3) is 12.2 Å². The van der Waals surface area contributed by atoms with Gasteiger partial charge in [-0.15, -0.1) is 0 Å². The highest BCUT2D eigenvalue weighted by molar-refractivity contribution is 6.30. The fourth-order valence-corrected chi connectivity index (χ4v) is 2.54. The van der Waals surface area contributed by atoms with Crippen molar-refractivity contribution in [3.63, 3.8) is 0 Å². The van der Waals surface area contributed by atoms with Gasteiger partial charge in [0.05, 0.1) is 5.56 Å². The maximum atomic E-state index is 10.9. The highest BCUT2D eigenvalue weighted by Gasteiger charge is 2.05. The number of rotatable bonds is 5. The molecule has 25 heavy (non-hydrogen) atoms. The second-order valence-electron chi connectivity index (χ2n) is 5.69. The Hall–Kier alpha value is -2.91. The Balaban J connectivity index is 1.65. The predicted molar refractivity (Wildman–Crippen MR) is 99.5 cm³/mol. The lowest BCUT2D eigenvalue weighted by Gasteiger charge is -2.00. The Morgan fingerprint density at radius 3 is 2.00 bits per heavy atom. The molecule has 0 fully saturated rings. The minimum absolute atomic E-state index is 0.302. The molecule has 0 radical (unpaired) electrons. The average Bonchev–Trinajstić information content (AvgIpc) is 2.63. The van der Waals surface area contributed by atoms with Gasteiger partial charge in [-0.25, -0.2) is 9.36 Å². The average molecular weight is 351 g/mol. The van der Waals surface area contributed by atoms with E-state index in [0.29, 0.717) is 12.1 Å². The molecule has 0 saturated heterocycles. The van der Waals surface area contributed by atoms with Crippen LogP contribution >= 0.6 is 11.6 Å². The van der Waals surface area contributed by atoms with Crippen LogP contribution in [-0.4, -0.2) is 11.1 Å². The third-order valence-corrected chi connectivity index (χ3v) is 4.07. The summed E-state index contributed by atoms with van der Waals surface area (Å²) in [6.07, 6.45) is 8.11. The van der Waals surface area contributed by atoms with Crippen LogP contribution in [0.3, 0.4) is 0 Å². The van der Waals surface area contributed by atoms with E-state index in [0.717, 1.165) is 21.7 Å². The first kappa shape index (κ1) is 16.9. The number of carboxylic acids is 1. The van der Waals surface area contributed by atoms with E-state index in [1.54, 1.807) is 12.1 Å². The second-order valence-corrected chi connectivity index (χ2v) is 6.13. The molecular formula is C21H17ClNO2+. The van der Waals surface area contributed by atoms with E-state index in [1.807, 2.05) is 67.0 Å². The topological polar surface area (TPSA) is 41.2 Å². The zero-order chi connectivity index (χ0) is 17.6. The zero-order valence-electron chi connectivity index (χ0n) is 13.5. The molecule has 0 bridgehead atoms. The molecule has 0 aliphatic carbocycles. The summed E-state index contributed by atoms with van der Waals surface area (Å²) in [4.78, 5) is 10.9. The Kier molecular flexibility index (Phi) is 5.26. The van der Waals surface area contributed by atoms with Crippen LogP contribution in [0.15, 0.2) is 73.1 Å². The van der Waals surface area contributed by atoms with E-state index in [2.05, 4.69) is 10.6 Å². The standard InChI is InChI=1S/C21H16ClNO2/c22-20-9-5-16(6-10-20)1-2-17-11-13-23(14-12-17)15-18-3-7-19(8-4-18)21(24)25/h1-14H,15H2/p+1/b2-1-. The van der Waals surface area contributed by atoms with Crippen molar-refractivity contribution in [1.82, 2.24) is 0 Å². The van der Waals surface area contributed by atoms with Gasteiger partial charge in [-0.2, -0.15) is 0 Å². The number of carboxylic acid groups (broad SMARTS) is 1. The van der Waals surface area contributed by atoms with Crippen LogP contribution in [0.4, 0.5) is 0 Å². The summed E-state index contributed by atoms with van der Waals surface area (Å²) < 4.78 is 2.05. The van der Waals surface area contributed by atoms with Gasteiger partial charge in [0.25, 0.3) is 0 Å². The number of pyridine rings is 1. The Morgan fingerprint density at radius 2 is 1.44 bits per heavy atom. The van der Waals surface area contributed by atoms with Crippen molar-refractivity contribution in [3.8, 4) is 0 Å². The number of nitrogens with zero attached hydrogens (tertiary/aromatic N) is 1. The lowest BCUT2D eigenvalue weighted by atomic mass is 10.1. The highest BCUT2D eigenvalue weighted by atomic mass is 35.5. The van der Waals surface area contributed by atoms with Gasteiger partial charge in [-0.05, 0) is 35.4 Å². The van der Waals surface area contributed by atoms with Crippen LogP contribution in [0.2, 0.25) is 5.02 Å². The summed E-state index contributed by atoms with van der Waals surface area (Å²) in [7, 11) is 0. The van der Waals surface area contributed by atoms with Gasteiger partial charge in [0.1, 0.15) is 0 Å². The van der Waals surface area contributed by atoms with Gasteiger partial charge >= 0.3 is 5.97 Å². The molecule has 3 nitrogen and oxygen atoms in total. The van der Waals surface area contributed by atoms with E-state index in [9.17, 15) is 4.79 Å². The molecule has 1 aromatic heterocycles. The molecule has 3 aromatic rings. The van der Waals surface area contributed by atoms with Gasteiger partial charge in [0.2, 0.25) is 0 Å². The van der Waals surface area contributed by atoms with Gasteiger partial charge < -0.3 is 5.11 Å². The third kappa shape index (κ3) is 4.78. The van der Waals surface area contributed by atoms with Gasteiger partial charge in [0.15, 0.2) is 18.9 Å². The SMILES string of the molecule is O=C(O)c1ccc(C[n+]2ccc(/C=C\c3ccc(Cl)cc3)cc2)cc1. The summed E-state index contributed by atoms with van der Waals surface area (Å²) in [5.74, 6) is -0.906. The van der Waals surface area contributed by atoms with E-state index in [-0.39, 0.29) is 0 Å². The van der Waals surface area contributed by atoms with E-state index in [4.69, 9.17) is 16.7 Å². The number of hydrogen-bond acceptors (Lipinski definition) is 1. The van der Waals surface area contributed by atoms with Crippen molar-refractivity contribution in [2.24, 2.45) is 0 Å². The molecule has 0 saturated carbocycles. The van der Waals surface area contributed by atoms with Crippen molar-refractivity contribution in [3.05, 3.63) is 100 Å². The molecule has 0 spiro atoms. The van der Waals surface area contributed by atoms with Crippen LogP contribution in [0.1, 0.15) is 27.0 Å². The highest BCUT2D eigenvalue weighted by Crippen LogP contribution is 2.12. The summed E-state index contributed by atoms with van der Waals surface area (Å²) in [6, 6.07) is 18.7. The molecule has 4 heteroatoms. The van der Waals surface area contributed by atoms with Crippen LogP contribution in [0, 0.1) is 0 Å². The van der Waals surface area contributed by atoms with E-state index >= 15 is 0 Å². The Labute approximate surface area is 151 Å². The normalized spacial score (nSPS) is 10.9. The van der Waals surface area contributed by atoms with Crippen molar-refractivity contribution < 1.29 is 14.5 Å². The van der Waals surface area contributed by atoms with Crippen molar-refractivity contribution in [2.75, 3.05) is 0 Å². The summed E-state index contributed by atoms with van der Waals surface area (Å²) in [6.45, 7) is 0.696. The lowest BCUT2D eigenvalue weighted by molar-refractivity contribution is -0.688. The van der Waals surface area contributed by atoms with Gasteiger partial charge in [-0.1, -0.05) is 48.0 Å². The molecule has 124 valence electrons. The molecule has 1 heterocycles. The fourth-order valence-electron chi connectivity index (χ4n) is 2.42. The van der Waals surface area contributed by atoms with Crippen molar-refractivity contribution >= 4 is 29.7 Å². The molecule has 0 atom stereocenters. The third-order valence-electron chi connectivity index (χ3n) is 3.82. The van der Waals surface area contributed by atoms with E-state index in [1.165, 1.54) is 0 Å². The van der Waals surface area contributed by atoms with E-state index < -0.39 is 5.97 Å². The van der Waals surface area contributed by atoms with Crippen molar-refractivity contribution in [2.45, 2.75) is 6.54 Å². The molecule has 1 N–H and O–H groups in total. The Bertz CT molecular complexity index is 883. The van der Waals surface area contributed by atoms with Crippen LogP contribution in [-0.2, 0) is 6.54 Å². The quantitative estimate of drug-likeness (QED) is 0.686. The summed E-state index contributed by atoms with van der Waals surface area (Å²) in [5, 5.41) is 9.65. The number of halogens is 1. The predicted octanol–water partition coefficient (Wildman–Crippen LogP) is 4.54. The van der Waals surface area contributed by atoms with Gasteiger partial charge in [-0.3, -0.25) is 0 Å². The molecular weight excluding hydrogens is 334 g/mol. The van der Waals surface area contributed by atoms with Crippen LogP contribution < -0.4 is 4.57 Å². The number of carbonyl (C=O) groups is 1. The molecule has 3 rings (SSSR count). The first-order valence-electron chi connectivity index (χ1n) is 7.85. The zero-order valence-corrected chi connectivity index (χ0v) is 14.2. The molecule has 0 aliphatic rings. The first-order valence-corrected chi connectivity index (χ1v) is 8.23. The molecule has 0 unspecified atom stereocenters. The van der Waals surface area contributed by atoms with Gasteiger partial charge in [0, 0.05) is 22.7 Å². The maximum absolute atomic E-state index is 10.9. The minimum atomic E-state index is -0.906. The summed E-state index contributed by atoms with van der Waals surface area (Å²) in [5.41, 5.74) is 3.56. The number of aromatic carboxylic acids is 1. The number of aromatic nitrogens is 1. The Morgan fingerprint density at radius 1 is 0.880 bits per heavy atom. The summed E-state index contributed by atoms with van der Waals surface area (Å²) >= 11 is 5.88.